The van der Waals surface area contributed by atoms with Gasteiger partial charge in [-0.3, -0.25) is 10.1 Å². The van der Waals surface area contributed by atoms with Crippen LogP contribution < -0.4 is 5.32 Å². The summed E-state index contributed by atoms with van der Waals surface area (Å²) in [4.78, 5) is 11.0. The Bertz CT molecular complexity index is 361. The minimum Gasteiger partial charge on any atom is -0.508 e. The Hall–Kier alpha value is -1.55. The van der Waals surface area contributed by atoms with Crippen LogP contribution in [-0.2, 0) is 11.3 Å². The first-order chi connectivity index (χ1) is 7.48. The number of hydrogen-bond donors (Lipinski definition) is 3. The second-order valence-electron chi connectivity index (χ2n) is 4.01. The van der Waals surface area contributed by atoms with Crippen molar-refractivity contribution in [2.45, 2.75) is 32.4 Å². The highest BCUT2D eigenvalue weighted by Crippen LogP contribution is 2.13. The number of carboxylic acid groups (broad SMARTS) is 1. The lowest BCUT2D eigenvalue weighted by molar-refractivity contribution is -0.144. The molecule has 0 aromatic heterocycles. The maximum atomic E-state index is 11.0. The molecule has 0 aliphatic carbocycles. The van der Waals surface area contributed by atoms with Crippen LogP contribution in [0.25, 0.3) is 0 Å². The summed E-state index contributed by atoms with van der Waals surface area (Å²) in [6.07, 6.45) is 0.514. The maximum absolute atomic E-state index is 11.0. The standard InChI is InChI=1S/C12H17NO3/c1-3-12(2,11(15)16)13-8-9-4-6-10(14)7-5-9/h4-7,13-14H,3,8H2,1-2H3,(H,15,16). The summed E-state index contributed by atoms with van der Waals surface area (Å²) in [5.74, 6) is -0.644. The van der Waals surface area contributed by atoms with Gasteiger partial charge in [0.05, 0.1) is 0 Å². The predicted octanol–water partition coefficient (Wildman–Crippen LogP) is 1.74. The van der Waals surface area contributed by atoms with Crippen molar-refractivity contribution in [3.05, 3.63) is 29.8 Å². The number of carbonyl (C=O) groups is 1. The first-order valence-corrected chi connectivity index (χ1v) is 5.24. The molecule has 1 rings (SSSR count). The molecular weight excluding hydrogens is 206 g/mol. The van der Waals surface area contributed by atoms with Crippen molar-refractivity contribution in [1.29, 1.82) is 0 Å². The molecule has 0 radical (unpaired) electrons. The lowest BCUT2D eigenvalue weighted by Crippen LogP contribution is -2.48. The Morgan fingerprint density at radius 2 is 1.94 bits per heavy atom. The summed E-state index contributed by atoms with van der Waals surface area (Å²) in [6.45, 7) is 3.96. The molecule has 88 valence electrons. The molecule has 3 N–H and O–H groups in total. The molecular formula is C12H17NO3. The van der Waals surface area contributed by atoms with Crippen LogP contribution >= 0.6 is 0 Å². The van der Waals surface area contributed by atoms with Gasteiger partial charge in [0.25, 0.3) is 0 Å². The lowest BCUT2D eigenvalue weighted by atomic mass is 9.99. The molecule has 0 saturated heterocycles. The third-order valence-electron chi connectivity index (χ3n) is 2.80. The fourth-order valence-electron chi connectivity index (χ4n) is 1.26. The molecule has 0 aliphatic rings. The SMILES string of the molecule is CCC(C)(NCc1ccc(O)cc1)C(=O)O. The highest BCUT2D eigenvalue weighted by Gasteiger charge is 2.29. The van der Waals surface area contributed by atoms with Crippen LogP contribution in [0.3, 0.4) is 0 Å². The smallest absolute Gasteiger partial charge is 0.323 e. The predicted molar refractivity (Wildman–Crippen MR) is 61.3 cm³/mol. The van der Waals surface area contributed by atoms with Gasteiger partial charge in [-0.05, 0) is 31.0 Å². The quantitative estimate of drug-likeness (QED) is 0.711. The topological polar surface area (TPSA) is 69.6 Å². The third kappa shape index (κ3) is 2.97. The van der Waals surface area contributed by atoms with E-state index in [0.717, 1.165) is 5.56 Å². The van der Waals surface area contributed by atoms with Crippen molar-refractivity contribution in [3.8, 4) is 5.75 Å². The van der Waals surface area contributed by atoms with Gasteiger partial charge in [-0.2, -0.15) is 0 Å². The van der Waals surface area contributed by atoms with E-state index in [4.69, 9.17) is 10.2 Å². The maximum Gasteiger partial charge on any atom is 0.323 e. The molecule has 0 spiro atoms. The van der Waals surface area contributed by atoms with Gasteiger partial charge in [0, 0.05) is 6.54 Å². The zero-order valence-electron chi connectivity index (χ0n) is 9.53. The largest absolute Gasteiger partial charge is 0.508 e. The van der Waals surface area contributed by atoms with Crippen molar-refractivity contribution in [2.24, 2.45) is 0 Å². The van der Waals surface area contributed by atoms with Crippen molar-refractivity contribution >= 4 is 5.97 Å². The van der Waals surface area contributed by atoms with Gasteiger partial charge >= 0.3 is 5.97 Å². The number of benzene rings is 1. The van der Waals surface area contributed by atoms with E-state index in [9.17, 15) is 4.79 Å². The molecule has 1 atom stereocenters. The van der Waals surface area contributed by atoms with Gasteiger partial charge < -0.3 is 10.2 Å². The number of rotatable bonds is 5. The molecule has 1 aromatic rings. The van der Waals surface area contributed by atoms with Crippen molar-refractivity contribution in [2.75, 3.05) is 0 Å². The molecule has 0 heterocycles. The van der Waals surface area contributed by atoms with E-state index in [1.807, 2.05) is 6.92 Å². The Morgan fingerprint density at radius 3 is 2.38 bits per heavy atom. The van der Waals surface area contributed by atoms with Gasteiger partial charge in [0.2, 0.25) is 0 Å². The van der Waals surface area contributed by atoms with E-state index >= 15 is 0 Å². The number of nitrogens with one attached hydrogen (secondary N) is 1. The highest BCUT2D eigenvalue weighted by molar-refractivity contribution is 5.78. The molecule has 4 nitrogen and oxygen atoms in total. The van der Waals surface area contributed by atoms with Gasteiger partial charge in [0.15, 0.2) is 0 Å². The first kappa shape index (κ1) is 12.5. The molecule has 1 unspecified atom stereocenters. The second-order valence-corrected chi connectivity index (χ2v) is 4.01. The second kappa shape index (κ2) is 4.99. The van der Waals surface area contributed by atoms with E-state index < -0.39 is 11.5 Å². The third-order valence-corrected chi connectivity index (χ3v) is 2.80. The summed E-state index contributed by atoms with van der Waals surface area (Å²) < 4.78 is 0. The Balaban J connectivity index is 2.63. The molecule has 0 saturated carbocycles. The number of aromatic hydroxyl groups is 1. The fourth-order valence-corrected chi connectivity index (χ4v) is 1.26. The average Bonchev–Trinajstić information content (AvgIpc) is 2.27. The van der Waals surface area contributed by atoms with Crippen LogP contribution in [0.4, 0.5) is 0 Å². The number of hydrogen-bond acceptors (Lipinski definition) is 3. The number of phenols is 1. The highest BCUT2D eigenvalue weighted by atomic mass is 16.4. The zero-order valence-corrected chi connectivity index (χ0v) is 9.53. The van der Waals surface area contributed by atoms with Crippen LogP contribution in [0.15, 0.2) is 24.3 Å². The Morgan fingerprint density at radius 1 is 1.38 bits per heavy atom. The van der Waals surface area contributed by atoms with Gasteiger partial charge in [0.1, 0.15) is 11.3 Å². The molecule has 0 fully saturated rings. The minimum absolute atomic E-state index is 0.209. The number of aliphatic carboxylic acids is 1. The summed E-state index contributed by atoms with van der Waals surface area (Å²) >= 11 is 0. The van der Waals surface area contributed by atoms with Crippen LogP contribution in [0, 0.1) is 0 Å². The summed E-state index contributed by atoms with van der Waals surface area (Å²) in [7, 11) is 0. The van der Waals surface area contributed by atoms with Gasteiger partial charge in [-0.25, -0.2) is 0 Å². The van der Waals surface area contributed by atoms with E-state index in [1.54, 1.807) is 31.2 Å². The van der Waals surface area contributed by atoms with Crippen molar-refractivity contribution < 1.29 is 15.0 Å². The number of carboxylic acids is 1. The summed E-state index contributed by atoms with van der Waals surface area (Å²) in [5.41, 5.74) is 0.0384. The minimum atomic E-state index is -0.905. The number of phenolic OH excluding ortho intramolecular Hbond substituents is 1. The average molecular weight is 223 g/mol. The van der Waals surface area contributed by atoms with Crippen molar-refractivity contribution in [1.82, 2.24) is 5.32 Å². The molecule has 1 aromatic carbocycles. The van der Waals surface area contributed by atoms with Crippen LogP contribution in [-0.4, -0.2) is 21.7 Å². The monoisotopic (exact) mass is 223 g/mol. The molecule has 16 heavy (non-hydrogen) atoms. The van der Waals surface area contributed by atoms with Crippen molar-refractivity contribution in [3.63, 3.8) is 0 Å². The fraction of sp³-hybridized carbons (Fsp3) is 0.417. The van der Waals surface area contributed by atoms with Crippen LogP contribution in [0.5, 0.6) is 5.75 Å². The van der Waals surface area contributed by atoms with Gasteiger partial charge in [-0.15, -0.1) is 0 Å². The summed E-state index contributed by atoms with van der Waals surface area (Å²) in [6, 6.07) is 6.70. The molecule has 0 bridgehead atoms. The Kier molecular flexibility index (Phi) is 3.90. The molecule has 0 amide bonds. The zero-order chi connectivity index (χ0) is 12.2. The van der Waals surface area contributed by atoms with E-state index in [-0.39, 0.29) is 5.75 Å². The van der Waals surface area contributed by atoms with E-state index in [0.29, 0.717) is 13.0 Å². The summed E-state index contributed by atoms with van der Waals surface area (Å²) in [5, 5.41) is 21.2. The van der Waals surface area contributed by atoms with Gasteiger partial charge in [-0.1, -0.05) is 19.1 Å². The van der Waals surface area contributed by atoms with Crippen LogP contribution in [0.2, 0.25) is 0 Å². The molecule has 0 aliphatic heterocycles. The first-order valence-electron chi connectivity index (χ1n) is 5.24. The van der Waals surface area contributed by atoms with Crippen LogP contribution in [0.1, 0.15) is 25.8 Å². The lowest BCUT2D eigenvalue weighted by Gasteiger charge is -2.24. The molecule has 4 heteroatoms. The normalized spacial score (nSPS) is 14.4. The van der Waals surface area contributed by atoms with E-state index in [2.05, 4.69) is 5.32 Å². The van der Waals surface area contributed by atoms with E-state index in [1.165, 1.54) is 0 Å². The Labute approximate surface area is 94.9 Å².